The van der Waals surface area contributed by atoms with Gasteiger partial charge in [0.05, 0.1) is 11.1 Å². The maximum atomic E-state index is 10.8. The van der Waals surface area contributed by atoms with Crippen LogP contribution in [0, 0.1) is 0 Å². The molecule has 0 radical (unpaired) electrons. The van der Waals surface area contributed by atoms with Crippen LogP contribution in [-0.4, -0.2) is 25.8 Å². The van der Waals surface area contributed by atoms with Crippen LogP contribution in [0.1, 0.15) is 31.1 Å². The van der Waals surface area contributed by atoms with Gasteiger partial charge in [-0.2, -0.15) is 5.10 Å². The van der Waals surface area contributed by atoms with Crippen molar-refractivity contribution in [3.63, 3.8) is 0 Å². The molecule has 0 saturated heterocycles. The molecule has 94 valence electrons. The second-order valence-electron chi connectivity index (χ2n) is 5.05. The minimum atomic E-state index is -0.932. The van der Waals surface area contributed by atoms with E-state index in [2.05, 4.69) is 10.1 Å². The highest BCUT2D eigenvalue weighted by Gasteiger charge is 2.19. The average molecular weight is 245 g/mol. The molecule has 0 aliphatic heterocycles. The first-order valence-corrected chi connectivity index (χ1v) is 5.64. The number of carboxylic acids is 1. The van der Waals surface area contributed by atoms with Gasteiger partial charge in [-0.1, -0.05) is 12.1 Å². The Morgan fingerprint density at radius 2 is 1.83 bits per heavy atom. The van der Waals surface area contributed by atoms with E-state index >= 15 is 0 Å². The summed E-state index contributed by atoms with van der Waals surface area (Å²) in [6, 6.07) is 6.63. The molecular formula is C13H15N3O2. The highest BCUT2D eigenvalue weighted by Crippen LogP contribution is 2.23. The van der Waals surface area contributed by atoms with Crippen molar-refractivity contribution in [1.82, 2.24) is 14.8 Å². The average Bonchev–Trinajstić information content (AvgIpc) is 2.77. The first-order chi connectivity index (χ1) is 8.39. The number of hydrogen-bond donors (Lipinski definition) is 1. The Labute approximate surface area is 105 Å². The molecule has 0 spiro atoms. The topological polar surface area (TPSA) is 68.0 Å². The molecule has 0 atom stereocenters. The second kappa shape index (κ2) is 4.25. The highest BCUT2D eigenvalue weighted by atomic mass is 16.4. The predicted molar refractivity (Wildman–Crippen MR) is 67.4 cm³/mol. The van der Waals surface area contributed by atoms with E-state index in [1.165, 1.54) is 6.33 Å². The SMILES string of the molecule is CC(C)(C)n1ncnc1-c1ccc(C(=O)O)cc1. The first-order valence-electron chi connectivity index (χ1n) is 5.64. The maximum absolute atomic E-state index is 10.8. The minimum Gasteiger partial charge on any atom is -0.478 e. The number of aromatic nitrogens is 3. The summed E-state index contributed by atoms with van der Waals surface area (Å²) in [4.78, 5) is 15.0. The Kier molecular flexibility index (Phi) is 2.90. The van der Waals surface area contributed by atoms with Gasteiger partial charge >= 0.3 is 5.97 Å². The van der Waals surface area contributed by atoms with Crippen molar-refractivity contribution in [3.8, 4) is 11.4 Å². The standard InChI is InChI=1S/C13H15N3O2/c1-13(2,3)16-11(14-8-15-16)9-4-6-10(7-5-9)12(17)18/h4-8H,1-3H3,(H,17,18). The third-order valence-corrected chi connectivity index (χ3v) is 2.57. The number of carboxylic acid groups (broad SMARTS) is 1. The number of hydrogen-bond acceptors (Lipinski definition) is 3. The van der Waals surface area contributed by atoms with Gasteiger partial charge in [-0.25, -0.2) is 14.5 Å². The van der Waals surface area contributed by atoms with Crippen molar-refractivity contribution >= 4 is 5.97 Å². The number of carbonyl (C=O) groups is 1. The summed E-state index contributed by atoms with van der Waals surface area (Å²) in [6.07, 6.45) is 1.51. The van der Waals surface area contributed by atoms with Crippen LogP contribution in [0.3, 0.4) is 0 Å². The Morgan fingerprint density at radius 1 is 1.22 bits per heavy atom. The van der Waals surface area contributed by atoms with Crippen LogP contribution in [0.15, 0.2) is 30.6 Å². The van der Waals surface area contributed by atoms with Crippen molar-refractivity contribution < 1.29 is 9.90 Å². The number of nitrogens with zero attached hydrogens (tertiary/aromatic N) is 3. The summed E-state index contributed by atoms with van der Waals surface area (Å²) >= 11 is 0. The number of aromatic carboxylic acids is 1. The van der Waals surface area contributed by atoms with E-state index in [0.717, 1.165) is 11.4 Å². The Bertz CT molecular complexity index is 565. The fourth-order valence-electron chi connectivity index (χ4n) is 1.69. The van der Waals surface area contributed by atoms with E-state index in [1.54, 1.807) is 24.3 Å². The van der Waals surface area contributed by atoms with Gasteiger partial charge in [0.1, 0.15) is 6.33 Å². The lowest BCUT2D eigenvalue weighted by Crippen LogP contribution is -2.24. The largest absolute Gasteiger partial charge is 0.478 e. The summed E-state index contributed by atoms with van der Waals surface area (Å²) < 4.78 is 1.82. The molecule has 0 saturated carbocycles. The van der Waals surface area contributed by atoms with Gasteiger partial charge in [0.25, 0.3) is 0 Å². The van der Waals surface area contributed by atoms with E-state index < -0.39 is 5.97 Å². The molecule has 1 aromatic carbocycles. The zero-order chi connectivity index (χ0) is 13.3. The number of rotatable bonds is 2. The van der Waals surface area contributed by atoms with E-state index in [-0.39, 0.29) is 11.1 Å². The quantitative estimate of drug-likeness (QED) is 0.882. The molecule has 0 bridgehead atoms. The van der Waals surface area contributed by atoms with Gasteiger partial charge in [0, 0.05) is 5.56 Å². The van der Waals surface area contributed by atoms with E-state index in [9.17, 15) is 4.79 Å². The molecule has 1 aromatic heterocycles. The Balaban J connectivity index is 2.44. The molecule has 18 heavy (non-hydrogen) atoms. The maximum Gasteiger partial charge on any atom is 0.335 e. The lowest BCUT2D eigenvalue weighted by atomic mass is 10.1. The second-order valence-corrected chi connectivity index (χ2v) is 5.05. The van der Waals surface area contributed by atoms with E-state index in [0.29, 0.717) is 0 Å². The summed E-state index contributed by atoms with van der Waals surface area (Å²) in [5, 5.41) is 13.1. The Morgan fingerprint density at radius 3 is 2.33 bits per heavy atom. The van der Waals surface area contributed by atoms with Crippen LogP contribution >= 0.6 is 0 Å². The summed E-state index contributed by atoms with van der Waals surface area (Å²) in [5.74, 6) is -0.196. The smallest absolute Gasteiger partial charge is 0.335 e. The molecular weight excluding hydrogens is 230 g/mol. The van der Waals surface area contributed by atoms with Crippen LogP contribution in [0.5, 0.6) is 0 Å². The molecule has 0 aliphatic carbocycles. The van der Waals surface area contributed by atoms with E-state index in [1.807, 2.05) is 25.5 Å². The Hall–Kier alpha value is -2.17. The molecule has 5 nitrogen and oxygen atoms in total. The van der Waals surface area contributed by atoms with Crippen LogP contribution in [-0.2, 0) is 5.54 Å². The lowest BCUT2D eigenvalue weighted by Gasteiger charge is -2.21. The molecule has 2 aromatic rings. The van der Waals surface area contributed by atoms with Crippen molar-refractivity contribution in [1.29, 1.82) is 0 Å². The van der Waals surface area contributed by atoms with Gasteiger partial charge < -0.3 is 5.11 Å². The minimum absolute atomic E-state index is 0.169. The van der Waals surface area contributed by atoms with Gasteiger partial charge in [-0.3, -0.25) is 0 Å². The zero-order valence-electron chi connectivity index (χ0n) is 10.6. The fourth-order valence-corrected chi connectivity index (χ4v) is 1.69. The normalized spacial score (nSPS) is 11.5. The molecule has 0 aliphatic rings. The molecule has 0 amide bonds. The van der Waals surface area contributed by atoms with Gasteiger partial charge in [0.15, 0.2) is 5.82 Å². The summed E-state index contributed by atoms with van der Waals surface area (Å²) in [5.41, 5.74) is 0.949. The predicted octanol–water partition coefficient (Wildman–Crippen LogP) is 2.40. The molecule has 2 rings (SSSR count). The van der Waals surface area contributed by atoms with Crippen LogP contribution in [0.2, 0.25) is 0 Å². The van der Waals surface area contributed by atoms with Crippen LogP contribution in [0.25, 0.3) is 11.4 Å². The van der Waals surface area contributed by atoms with Crippen molar-refractivity contribution in [2.24, 2.45) is 0 Å². The fraction of sp³-hybridized carbons (Fsp3) is 0.308. The molecule has 1 N–H and O–H groups in total. The lowest BCUT2D eigenvalue weighted by molar-refractivity contribution is 0.0697. The molecule has 0 fully saturated rings. The van der Waals surface area contributed by atoms with Crippen LogP contribution < -0.4 is 0 Å². The van der Waals surface area contributed by atoms with Crippen molar-refractivity contribution in [2.75, 3.05) is 0 Å². The first kappa shape index (κ1) is 12.3. The monoisotopic (exact) mass is 245 g/mol. The molecule has 1 heterocycles. The van der Waals surface area contributed by atoms with Crippen LogP contribution in [0.4, 0.5) is 0 Å². The van der Waals surface area contributed by atoms with Crippen molar-refractivity contribution in [2.45, 2.75) is 26.3 Å². The molecule has 0 unspecified atom stereocenters. The zero-order valence-corrected chi connectivity index (χ0v) is 10.6. The van der Waals surface area contributed by atoms with Gasteiger partial charge in [0.2, 0.25) is 0 Å². The number of benzene rings is 1. The van der Waals surface area contributed by atoms with Crippen molar-refractivity contribution in [3.05, 3.63) is 36.2 Å². The molecule has 5 heteroatoms. The summed E-state index contributed by atoms with van der Waals surface area (Å²) in [7, 11) is 0. The summed E-state index contributed by atoms with van der Waals surface area (Å²) in [6.45, 7) is 6.12. The van der Waals surface area contributed by atoms with Gasteiger partial charge in [-0.15, -0.1) is 0 Å². The highest BCUT2D eigenvalue weighted by molar-refractivity contribution is 5.88. The third kappa shape index (κ3) is 2.25. The van der Waals surface area contributed by atoms with Gasteiger partial charge in [-0.05, 0) is 32.9 Å². The van der Waals surface area contributed by atoms with E-state index in [4.69, 9.17) is 5.11 Å². The third-order valence-electron chi connectivity index (χ3n) is 2.57.